The van der Waals surface area contributed by atoms with Crippen molar-refractivity contribution in [1.82, 2.24) is 0 Å². The Morgan fingerprint density at radius 2 is 1.81 bits per heavy atom. The van der Waals surface area contributed by atoms with E-state index in [9.17, 15) is 4.79 Å². The van der Waals surface area contributed by atoms with Crippen molar-refractivity contribution in [3.63, 3.8) is 0 Å². The van der Waals surface area contributed by atoms with Gasteiger partial charge < -0.3 is 15.3 Å². The van der Waals surface area contributed by atoms with Gasteiger partial charge in [0.05, 0.1) is 0 Å². The Morgan fingerprint density at radius 1 is 1.15 bits per heavy atom. The summed E-state index contributed by atoms with van der Waals surface area (Å²) in [6.07, 6.45) is 0.225. The highest BCUT2D eigenvalue weighted by atomic mass is 35.5. The standard InChI is InChI=1S/C19H20Cl2N2O3/c1-12-4-8-15(9-5-12)25-19(2,3)18(24)26-23-17(22)10-13-6-7-14(20)11-16(13)21/h4-9,11H,10H2,1-3H3,(H2,22,23). The zero-order valence-corrected chi connectivity index (χ0v) is 16.3. The highest BCUT2D eigenvalue weighted by molar-refractivity contribution is 6.35. The molecule has 0 aliphatic rings. The average molecular weight is 395 g/mol. The third kappa shape index (κ3) is 5.64. The molecular formula is C19H20Cl2N2O3. The van der Waals surface area contributed by atoms with Crippen LogP contribution in [0.2, 0.25) is 10.0 Å². The lowest BCUT2D eigenvalue weighted by Crippen LogP contribution is -2.39. The van der Waals surface area contributed by atoms with Crippen molar-refractivity contribution in [3.8, 4) is 5.75 Å². The van der Waals surface area contributed by atoms with E-state index in [4.69, 9.17) is 38.5 Å². The van der Waals surface area contributed by atoms with Crippen molar-refractivity contribution in [3.05, 3.63) is 63.6 Å². The average Bonchev–Trinajstić information content (AvgIpc) is 2.57. The molecule has 7 heteroatoms. The summed E-state index contributed by atoms with van der Waals surface area (Å²) in [4.78, 5) is 17.2. The molecule has 0 unspecified atom stereocenters. The van der Waals surface area contributed by atoms with Crippen molar-refractivity contribution >= 4 is 35.0 Å². The zero-order chi connectivity index (χ0) is 19.3. The lowest BCUT2D eigenvalue weighted by atomic mass is 10.1. The van der Waals surface area contributed by atoms with E-state index in [-0.39, 0.29) is 12.3 Å². The molecule has 2 aromatic rings. The molecule has 0 saturated carbocycles. The van der Waals surface area contributed by atoms with Crippen LogP contribution in [0.25, 0.3) is 0 Å². The van der Waals surface area contributed by atoms with Crippen LogP contribution < -0.4 is 10.5 Å². The number of oxime groups is 1. The van der Waals surface area contributed by atoms with Gasteiger partial charge in [0.1, 0.15) is 11.6 Å². The van der Waals surface area contributed by atoms with Crippen LogP contribution in [0.15, 0.2) is 47.6 Å². The molecule has 0 aliphatic heterocycles. The van der Waals surface area contributed by atoms with Gasteiger partial charge in [0.2, 0.25) is 5.60 Å². The number of halogens is 2. The van der Waals surface area contributed by atoms with Crippen LogP contribution in [0.5, 0.6) is 5.75 Å². The second kappa shape index (κ2) is 8.43. The van der Waals surface area contributed by atoms with Gasteiger partial charge in [-0.15, -0.1) is 0 Å². The summed E-state index contributed by atoms with van der Waals surface area (Å²) in [5, 5.41) is 4.66. The highest BCUT2D eigenvalue weighted by Crippen LogP contribution is 2.22. The largest absolute Gasteiger partial charge is 0.476 e. The van der Waals surface area contributed by atoms with Gasteiger partial charge in [-0.1, -0.05) is 52.1 Å². The number of benzene rings is 2. The summed E-state index contributed by atoms with van der Waals surface area (Å²) in [5.41, 5.74) is 6.41. The van der Waals surface area contributed by atoms with Gasteiger partial charge in [0.25, 0.3) is 0 Å². The molecule has 0 radical (unpaired) electrons. The highest BCUT2D eigenvalue weighted by Gasteiger charge is 2.32. The molecule has 2 aromatic carbocycles. The summed E-state index contributed by atoms with van der Waals surface area (Å²) < 4.78 is 5.68. The Kier molecular flexibility index (Phi) is 6.51. The number of amidine groups is 1. The number of carbonyl (C=O) groups is 1. The first-order valence-corrected chi connectivity index (χ1v) is 8.66. The van der Waals surface area contributed by atoms with Crippen molar-refractivity contribution in [2.45, 2.75) is 32.8 Å². The van der Waals surface area contributed by atoms with E-state index in [0.717, 1.165) is 11.1 Å². The Hall–Kier alpha value is -2.24. The van der Waals surface area contributed by atoms with Gasteiger partial charge in [-0.25, -0.2) is 4.79 Å². The Bertz CT molecular complexity index is 818. The van der Waals surface area contributed by atoms with E-state index in [1.54, 1.807) is 44.2 Å². The van der Waals surface area contributed by atoms with Crippen molar-refractivity contribution in [2.24, 2.45) is 10.9 Å². The fourth-order valence-electron chi connectivity index (χ4n) is 2.05. The maximum Gasteiger partial charge on any atom is 0.377 e. The van der Waals surface area contributed by atoms with E-state index in [0.29, 0.717) is 15.8 Å². The smallest absolute Gasteiger partial charge is 0.377 e. The van der Waals surface area contributed by atoms with E-state index >= 15 is 0 Å². The molecule has 2 N–H and O–H groups in total. The third-order valence-corrected chi connectivity index (χ3v) is 4.11. The summed E-state index contributed by atoms with van der Waals surface area (Å²) in [7, 11) is 0. The first-order valence-electron chi connectivity index (χ1n) is 7.91. The molecule has 0 aromatic heterocycles. The van der Waals surface area contributed by atoms with E-state index in [2.05, 4.69) is 5.16 Å². The van der Waals surface area contributed by atoms with E-state index in [1.807, 2.05) is 19.1 Å². The Labute approximate surface area is 162 Å². The van der Waals surface area contributed by atoms with Gasteiger partial charge >= 0.3 is 5.97 Å². The fraction of sp³-hybridized carbons (Fsp3) is 0.263. The number of nitrogens with two attached hydrogens (primary N) is 1. The van der Waals surface area contributed by atoms with E-state index < -0.39 is 11.6 Å². The molecule has 2 rings (SSSR count). The second-order valence-corrected chi connectivity index (χ2v) is 7.14. The SMILES string of the molecule is Cc1ccc(OC(C)(C)C(=O)O/N=C(\N)Cc2ccc(Cl)cc2Cl)cc1. The van der Waals surface area contributed by atoms with Crippen molar-refractivity contribution < 1.29 is 14.4 Å². The molecule has 138 valence electrons. The van der Waals surface area contributed by atoms with Crippen LogP contribution in [-0.4, -0.2) is 17.4 Å². The predicted molar refractivity (Wildman–Crippen MR) is 104 cm³/mol. The molecule has 0 atom stereocenters. The van der Waals surface area contributed by atoms with Crippen LogP contribution in [0.4, 0.5) is 0 Å². The Balaban J connectivity index is 1.98. The molecule has 0 saturated heterocycles. The summed E-state index contributed by atoms with van der Waals surface area (Å²) in [6.45, 7) is 5.15. The number of hydrogen-bond acceptors (Lipinski definition) is 4. The van der Waals surface area contributed by atoms with Crippen molar-refractivity contribution in [2.75, 3.05) is 0 Å². The van der Waals surface area contributed by atoms with Gasteiger partial charge in [0.15, 0.2) is 0 Å². The molecule has 26 heavy (non-hydrogen) atoms. The molecule has 0 heterocycles. The molecule has 5 nitrogen and oxygen atoms in total. The third-order valence-electron chi connectivity index (χ3n) is 3.52. The van der Waals surface area contributed by atoms with E-state index in [1.165, 1.54) is 0 Å². The minimum Gasteiger partial charge on any atom is -0.476 e. The first-order chi connectivity index (χ1) is 12.2. The van der Waals surface area contributed by atoms with Crippen LogP contribution in [0.3, 0.4) is 0 Å². The quantitative estimate of drug-likeness (QED) is 0.338. The normalized spacial score (nSPS) is 12.0. The summed E-state index contributed by atoms with van der Waals surface area (Å²) in [6, 6.07) is 12.4. The first kappa shape index (κ1) is 20.1. The molecule has 0 spiro atoms. The maximum atomic E-state index is 12.3. The van der Waals surface area contributed by atoms with Crippen LogP contribution >= 0.6 is 23.2 Å². The Morgan fingerprint density at radius 3 is 2.42 bits per heavy atom. The maximum absolute atomic E-state index is 12.3. The molecule has 0 amide bonds. The lowest BCUT2D eigenvalue weighted by molar-refractivity contribution is -0.159. The number of nitrogens with zero attached hydrogens (tertiary/aromatic N) is 1. The minimum atomic E-state index is -1.23. The van der Waals surface area contributed by atoms with Gasteiger partial charge in [0, 0.05) is 16.5 Å². The summed E-state index contributed by atoms with van der Waals surface area (Å²) in [5.74, 6) is -0.000570. The predicted octanol–water partition coefficient (Wildman–Crippen LogP) is 4.52. The monoisotopic (exact) mass is 394 g/mol. The lowest BCUT2D eigenvalue weighted by Gasteiger charge is -2.22. The number of hydrogen-bond donors (Lipinski definition) is 1. The molecular weight excluding hydrogens is 375 g/mol. The molecule has 0 bridgehead atoms. The minimum absolute atomic E-state index is 0.105. The number of carbonyl (C=O) groups excluding carboxylic acids is 1. The zero-order valence-electron chi connectivity index (χ0n) is 14.8. The number of rotatable bonds is 6. The molecule has 0 aliphatic carbocycles. The topological polar surface area (TPSA) is 73.9 Å². The van der Waals surface area contributed by atoms with Crippen LogP contribution in [0, 0.1) is 6.92 Å². The molecule has 0 fully saturated rings. The summed E-state index contributed by atoms with van der Waals surface area (Å²) >= 11 is 11.9. The van der Waals surface area contributed by atoms with Crippen molar-refractivity contribution in [1.29, 1.82) is 0 Å². The number of ether oxygens (including phenoxy) is 1. The fourth-order valence-corrected chi connectivity index (χ4v) is 2.52. The number of aryl methyl sites for hydroxylation is 1. The van der Waals surface area contributed by atoms with Gasteiger partial charge in [-0.2, -0.15) is 0 Å². The van der Waals surface area contributed by atoms with Crippen LogP contribution in [0.1, 0.15) is 25.0 Å². The van der Waals surface area contributed by atoms with Gasteiger partial charge in [-0.05, 0) is 50.6 Å². The van der Waals surface area contributed by atoms with Crippen LogP contribution in [-0.2, 0) is 16.1 Å². The second-order valence-electron chi connectivity index (χ2n) is 6.30. The van der Waals surface area contributed by atoms with Gasteiger partial charge in [-0.3, -0.25) is 0 Å².